The molecule has 7 heteroatoms. The van der Waals surface area contributed by atoms with Gasteiger partial charge in [0, 0.05) is 18.3 Å². The number of hydrogen-bond donors (Lipinski definition) is 2. The van der Waals surface area contributed by atoms with Crippen molar-refractivity contribution in [1.82, 2.24) is 15.2 Å². The Morgan fingerprint density at radius 1 is 1.40 bits per heavy atom. The van der Waals surface area contributed by atoms with Crippen molar-refractivity contribution >= 4 is 11.5 Å². The highest BCUT2D eigenvalue weighted by Crippen LogP contribution is 2.17. The molecule has 2 heterocycles. The molecule has 0 spiro atoms. The maximum absolute atomic E-state index is 10.6. The Hall–Kier alpha value is -2.44. The number of rotatable bonds is 6. The van der Waals surface area contributed by atoms with Gasteiger partial charge in [-0.05, 0) is 37.8 Å². The highest BCUT2D eigenvalue weighted by atomic mass is 16.6. The van der Waals surface area contributed by atoms with Gasteiger partial charge in [0.25, 0.3) is 5.69 Å². The number of nitrogens with zero attached hydrogens (tertiary/aromatic N) is 3. The zero-order valence-corrected chi connectivity index (χ0v) is 11.5. The average Bonchev–Trinajstić information content (AvgIpc) is 2.81. The number of aryl methyl sites for hydroxylation is 3. The molecule has 0 aliphatic heterocycles. The number of nitrogens with one attached hydrogen (secondary N) is 2. The number of nitro groups is 1. The van der Waals surface area contributed by atoms with Crippen molar-refractivity contribution in [1.29, 1.82) is 0 Å². The van der Waals surface area contributed by atoms with Crippen LogP contribution in [0.15, 0.2) is 18.5 Å². The molecule has 106 valence electrons. The van der Waals surface area contributed by atoms with Crippen LogP contribution < -0.4 is 5.32 Å². The number of hydrogen-bond acceptors (Lipinski definition) is 5. The number of pyridine rings is 1. The van der Waals surface area contributed by atoms with E-state index in [2.05, 4.69) is 20.5 Å². The van der Waals surface area contributed by atoms with Gasteiger partial charge in [-0.3, -0.25) is 15.2 Å². The molecule has 0 saturated heterocycles. The van der Waals surface area contributed by atoms with Crippen molar-refractivity contribution in [3.8, 4) is 0 Å². The molecule has 2 N–H and O–H groups in total. The smallest absolute Gasteiger partial charge is 0.287 e. The highest BCUT2D eigenvalue weighted by molar-refractivity contribution is 5.48. The fourth-order valence-electron chi connectivity index (χ4n) is 1.96. The normalized spacial score (nSPS) is 10.5. The van der Waals surface area contributed by atoms with Crippen LogP contribution in [0.1, 0.15) is 23.2 Å². The van der Waals surface area contributed by atoms with E-state index in [1.54, 1.807) is 0 Å². The van der Waals surface area contributed by atoms with Gasteiger partial charge in [-0.25, -0.2) is 4.98 Å². The van der Waals surface area contributed by atoms with E-state index in [0.29, 0.717) is 5.82 Å². The summed E-state index contributed by atoms with van der Waals surface area (Å²) in [6, 6.07) is 1.52. The standard InChI is InChI=1S/C13H17N5O2/c1-9-6-12(18(19)20)8-15-13(9)14-5-3-4-11-7-16-17-10(11)2/h6-8H,3-5H2,1-2H3,(H,14,15)(H,16,17). The predicted octanol–water partition coefficient (Wildman–Crippen LogP) is 2.37. The van der Waals surface area contributed by atoms with Crippen molar-refractivity contribution in [3.63, 3.8) is 0 Å². The van der Waals surface area contributed by atoms with Gasteiger partial charge in [0.15, 0.2) is 0 Å². The van der Waals surface area contributed by atoms with E-state index in [1.807, 2.05) is 20.0 Å². The number of aromatic amines is 1. The molecular formula is C13H17N5O2. The minimum Gasteiger partial charge on any atom is -0.370 e. The van der Waals surface area contributed by atoms with Gasteiger partial charge in [0.2, 0.25) is 0 Å². The van der Waals surface area contributed by atoms with Gasteiger partial charge in [0.1, 0.15) is 12.0 Å². The lowest BCUT2D eigenvalue weighted by molar-refractivity contribution is -0.385. The molecule has 0 aliphatic rings. The molecule has 0 bridgehead atoms. The molecule has 0 unspecified atom stereocenters. The molecule has 2 rings (SSSR count). The minimum absolute atomic E-state index is 0.0158. The van der Waals surface area contributed by atoms with Gasteiger partial charge < -0.3 is 5.32 Å². The molecule has 0 aromatic carbocycles. The second kappa shape index (κ2) is 6.14. The topological polar surface area (TPSA) is 96.7 Å². The lowest BCUT2D eigenvalue weighted by atomic mass is 10.1. The van der Waals surface area contributed by atoms with Gasteiger partial charge in [-0.2, -0.15) is 5.10 Å². The third kappa shape index (κ3) is 3.31. The number of aromatic nitrogens is 3. The van der Waals surface area contributed by atoms with Crippen molar-refractivity contribution in [2.75, 3.05) is 11.9 Å². The zero-order chi connectivity index (χ0) is 14.5. The van der Waals surface area contributed by atoms with Crippen molar-refractivity contribution in [2.45, 2.75) is 26.7 Å². The van der Waals surface area contributed by atoms with E-state index < -0.39 is 4.92 Å². The quantitative estimate of drug-likeness (QED) is 0.479. The lowest BCUT2D eigenvalue weighted by Crippen LogP contribution is -2.06. The maximum Gasteiger partial charge on any atom is 0.287 e. The Kier molecular flexibility index (Phi) is 4.29. The molecule has 0 radical (unpaired) electrons. The number of anilines is 1. The van der Waals surface area contributed by atoms with E-state index >= 15 is 0 Å². The van der Waals surface area contributed by atoms with E-state index in [1.165, 1.54) is 17.8 Å². The second-order valence-corrected chi connectivity index (χ2v) is 4.67. The first-order valence-corrected chi connectivity index (χ1v) is 6.41. The lowest BCUT2D eigenvalue weighted by Gasteiger charge is -2.07. The fraction of sp³-hybridized carbons (Fsp3) is 0.385. The molecule has 7 nitrogen and oxygen atoms in total. The summed E-state index contributed by atoms with van der Waals surface area (Å²) in [5.41, 5.74) is 3.09. The largest absolute Gasteiger partial charge is 0.370 e. The van der Waals surface area contributed by atoms with Crippen LogP contribution in [0.2, 0.25) is 0 Å². The van der Waals surface area contributed by atoms with Crippen LogP contribution in [0.4, 0.5) is 11.5 Å². The molecule has 0 saturated carbocycles. The van der Waals surface area contributed by atoms with Crippen LogP contribution in [-0.2, 0) is 6.42 Å². The van der Waals surface area contributed by atoms with Crippen LogP contribution in [0.3, 0.4) is 0 Å². The van der Waals surface area contributed by atoms with E-state index in [9.17, 15) is 10.1 Å². The van der Waals surface area contributed by atoms with Gasteiger partial charge >= 0.3 is 0 Å². The van der Waals surface area contributed by atoms with Crippen molar-refractivity contribution in [2.24, 2.45) is 0 Å². The van der Waals surface area contributed by atoms with Crippen molar-refractivity contribution in [3.05, 3.63) is 45.4 Å². The first kappa shape index (κ1) is 14.0. The third-order valence-electron chi connectivity index (χ3n) is 3.12. The summed E-state index contributed by atoms with van der Waals surface area (Å²) in [6.07, 6.45) is 4.99. The second-order valence-electron chi connectivity index (χ2n) is 4.67. The summed E-state index contributed by atoms with van der Waals surface area (Å²) in [5, 5.41) is 20.7. The average molecular weight is 275 g/mol. The first-order chi connectivity index (χ1) is 9.58. The Morgan fingerprint density at radius 3 is 2.80 bits per heavy atom. The van der Waals surface area contributed by atoms with E-state index in [-0.39, 0.29) is 5.69 Å². The van der Waals surface area contributed by atoms with Crippen LogP contribution in [0.25, 0.3) is 0 Å². The van der Waals surface area contributed by atoms with Crippen LogP contribution in [0, 0.1) is 24.0 Å². The molecule has 2 aromatic rings. The molecule has 0 atom stereocenters. The summed E-state index contributed by atoms with van der Waals surface area (Å²) in [6.45, 7) is 4.57. The first-order valence-electron chi connectivity index (χ1n) is 6.41. The Balaban J connectivity index is 1.85. The molecular weight excluding hydrogens is 258 g/mol. The number of H-pyrrole nitrogens is 1. The molecule has 0 aliphatic carbocycles. The highest BCUT2D eigenvalue weighted by Gasteiger charge is 2.09. The molecule has 0 fully saturated rings. The zero-order valence-electron chi connectivity index (χ0n) is 11.5. The van der Waals surface area contributed by atoms with Crippen LogP contribution >= 0.6 is 0 Å². The van der Waals surface area contributed by atoms with Crippen LogP contribution in [-0.4, -0.2) is 26.6 Å². The van der Waals surface area contributed by atoms with E-state index in [0.717, 1.165) is 30.6 Å². The Bertz CT molecular complexity index is 609. The summed E-state index contributed by atoms with van der Waals surface area (Å²) in [7, 11) is 0. The monoisotopic (exact) mass is 275 g/mol. The maximum atomic E-state index is 10.6. The summed E-state index contributed by atoms with van der Waals surface area (Å²) >= 11 is 0. The fourth-order valence-corrected chi connectivity index (χ4v) is 1.96. The predicted molar refractivity (Wildman–Crippen MR) is 75.8 cm³/mol. The Morgan fingerprint density at radius 2 is 2.20 bits per heavy atom. The molecule has 20 heavy (non-hydrogen) atoms. The minimum atomic E-state index is -0.439. The van der Waals surface area contributed by atoms with Gasteiger partial charge in [-0.1, -0.05) is 0 Å². The van der Waals surface area contributed by atoms with Gasteiger partial charge in [0.05, 0.1) is 11.1 Å². The summed E-state index contributed by atoms with van der Waals surface area (Å²) in [5.74, 6) is 0.694. The van der Waals surface area contributed by atoms with Crippen LogP contribution in [0.5, 0.6) is 0 Å². The van der Waals surface area contributed by atoms with Crippen molar-refractivity contribution < 1.29 is 4.92 Å². The summed E-state index contributed by atoms with van der Waals surface area (Å²) in [4.78, 5) is 14.3. The third-order valence-corrected chi connectivity index (χ3v) is 3.12. The van der Waals surface area contributed by atoms with Gasteiger partial charge in [-0.15, -0.1) is 0 Å². The SMILES string of the molecule is Cc1cc([N+](=O)[O-])cnc1NCCCc1cn[nH]c1C. The molecule has 2 aromatic heterocycles. The van der Waals surface area contributed by atoms with E-state index in [4.69, 9.17) is 0 Å². The summed E-state index contributed by atoms with van der Waals surface area (Å²) < 4.78 is 0. The molecule has 0 amide bonds. The Labute approximate surface area is 116 Å².